The molecule has 3 aromatic rings. The molecular weight excluding hydrogens is 396 g/mol. The first-order valence-electron chi connectivity index (χ1n) is 12.3. The van der Waals surface area contributed by atoms with Crippen LogP contribution < -0.4 is 14.5 Å². The van der Waals surface area contributed by atoms with Gasteiger partial charge in [-0.05, 0) is 56.7 Å². The molecule has 164 valence electrons. The zero-order valence-corrected chi connectivity index (χ0v) is 18.7. The summed E-state index contributed by atoms with van der Waals surface area (Å²) >= 11 is 0. The van der Waals surface area contributed by atoms with Crippen molar-refractivity contribution in [2.24, 2.45) is 0 Å². The minimum absolute atomic E-state index is 0.444. The molecule has 2 heterocycles. The lowest BCUT2D eigenvalue weighted by atomic mass is 9.88. The first kappa shape index (κ1) is 17.2. The third-order valence-electron chi connectivity index (χ3n) is 6.23. The second-order valence-corrected chi connectivity index (χ2v) is 8.62. The average molecular weight is 430 g/mol. The van der Waals surface area contributed by atoms with Crippen LogP contribution in [0.15, 0.2) is 85.2 Å². The summed E-state index contributed by atoms with van der Waals surface area (Å²) in [7, 11) is 3.91. The van der Waals surface area contributed by atoms with Gasteiger partial charge in [0.15, 0.2) is 0 Å². The Balaban J connectivity index is 1.45. The Labute approximate surface area is 194 Å². The molecule has 5 heteroatoms. The number of hydrogen-bond acceptors (Lipinski definition) is 5. The van der Waals surface area contributed by atoms with Crippen LogP contribution in [0.2, 0.25) is 0 Å². The molecule has 32 heavy (non-hydrogen) atoms. The lowest BCUT2D eigenvalue weighted by molar-refractivity contribution is 0.150. The quantitative estimate of drug-likeness (QED) is 0.511. The molecule has 3 aromatic carbocycles. The molecule has 0 bridgehead atoms. The fourth-order valence-electron chi connectivity index (χ4n) is 4.25. The van der Waals surface area contributed by atoms with Crippen LogP contribution in [0.1, 0.15) is 23.5 Å². The van der Waals surface area contributed by atoms with Crippen LogP contribution in [0.4, 0.5) is 17.1 Å². The van der Waals surface area contributed by atoms with Gasteiger partial charge in [-0.15, -0.1) is 0 Å². The minimum Gasteiger partial charge on any atom is -0.457 e. The molecule has 0 N–H and O–H groups in total. The summed E-state index contributed by atoms with van der Waals surface area (Å²) in [6, 6.07) is 23.7. The number of anilines is 3. The van der Waals surface area contributed by atoms with E-state index in [0.29, 0.717) is 6.67 Å². The van der Waals surface area contributed by atoms with Crippen molar-refractivity contribution in [3.05, 3.63) is 90.8 Å². The number of ether oxygens (including phenoxy) is 1. The molecule has 0 amide bonds. The summed E-state index contributed by atoms with van der Waals surface area (Å²) in [5.41, 5.74) is 2.61. The second kappa shape index (κ2) is 7.92. The summed E-state index contributed by atoms with van der Waals surface area (Å²) in [4.78, 5) is 8.31. The molecular formula is C27H30N4O. The first-order valence-corrected chi connectivity index (χ1v) is 10.8. The van der Waals surface area contributed by atoms with Gasteiger partial charge in [-0.25, -0.2) is 0 Å². The lowest BCUT2D eigenvalue weighted by Gasteiger charge is -2.47. The van der Waals surface area contributed by atoms with Crippen LogP contribution in [0.3, 0.4) is 0 Å². The van der Waals surface area contributed by atoms with E-state index in [1.54, 1.807) is 6.92 Å². The summed E-state index contributed by atoms with van der Waals surface area (Å²) in [5.74, 6) is 1.48. The highest BCUT2D eigenvalue weighted by Gasteiger charge is 2.35. The summed E-state index contributed by atoms with van der Waals surface area (Å²) in [5, 5.41) is 0. The van der Waals surface area contributed by atoms with Crippen molar-refractivity contribution in [1.29, 1.82) is 0 Å². The molecule has 2 aliphatic heterocycles. The Bertz CT molecular complexity index is 1260. The van der Waals surface area contributed by atoms with Gasteiger partial charge in [0, 0.05) is 58.3 Å². The Hall–Kier alpha value is -3.44. The number of rotatable bonds is 4. The van der Waals surface area contributed by atoms with Crippen molar-refractivity contribution >= 4 is 17.1 Å². The van der Waals surface area contributed by atoms with E-state index in [1.165, 1.54) is 0 Å². The van der Waals surface area contributed by atoms with Crippen molar-refractivity contribution in [3.8, 4) is 11.5 Å². The topological polar surface area (TPSA) is 22.2 Å². The molecule has 2 aliphatic rings. The van der Waals surface area contributed by atoms with Gasteiger partial charge in [-0.2, -0.15) is 0 Å². The van der Waals surface area contributed by atoms with Gasteiger partial charge in [0.2, 0.25) is 0 Å². The van der Waals surface area contributed by atoms with Crippen LogP contribution in [0.25, 0.3) is 0 Å². The van der Waals surface area contributed by atoms with Gasteiger partial charge in [0.1, 0.15) is 11.5 Å². The van der Waals surface area contributed by atoms with Crippen LogP contribution in [-0.2, 0) is 5.54 Å². The molecule has 0 aromatic heterocycles. The second-order valence-electron chi connectivity index (χ2n) is 8.62. The highest BCUT2D eigenvalue weighted by atomic mass is 16.5. The fraction of sp³-hybridized carbons (Fsp3) is 0.259. The van der Waals surface area contributed by atoms with Crippen molar-refractivity contribution in [3.63, 3.8) is 0 Å². The third kappa shape index (κ3) is 3.69. The van der Waals surface area contributed by atoms with Gasteiger partial charge in [-0.3, -0.25) is 4.90 Å². The molecule has 1 unspecified atom stereocenters. The van der Waals surface area contributed by atoms with E-state index in [0.717, 1.165) is 40.8 Å². The molecule has 5 rings (SSSR count). The predicted molar refractivity (Wildman–Crippen MR) is 131 cm³/mol. The van der Waals surface area contributed by atoms with Gasteiger partial charge in [0.05, 0.1) is 13.3 Å². The van der Waals surface area contributed by atoms with Crippen LogP contribution in [-0.4, -0.2) is 37.2 Å². The standard InChI is InChI=1S/C27H30N4O/c1-27(2)25-13-5-6-14-26(25)31(20-29(27)4)22-10-8-12-24(18-22)32-23-11-7-9-21(17-23)30-16-15-28(3)19-30/h5-18H,19-20H2,1-4H3/i1D3. The zero-order valence-electron chi connectivity index (χ0n) is 21.7. The average Bonchev–Trinajstić information content (AvgIpc) is 3.27. The monoisotopic (exact) mass is 429 g/mol. The molecule has 1 atom stereocenters. The molecule has 0 saturated heterocycles. The van der Waals surface area contributed by atoms with E-state index in [-0.39, 0.29) is 0 Å². The molecule has 0 spiro atoms. The fourth-order valence-corrected chi connectivity index (χ4v) is 4.25. The SMILES string of the molecule is [2H]C([2H])([2H])C1(C)c2ccccc2N(c2cccc(Oc3cccc(N4C=CN(C)C4)c3)c2)CN1C. The maximum atomic E-state index is 8.25. The van der Waals surface area contributed by atoms with Gasteiger partial charge < -0.3 is 19.4 Å². The molecule has 0 radical (unpaired) electrons. The maximum Gasteiger partial charge on any atom is 0.129 e. The van der Waals surface area contributed by atoms with Crippen LogP contribution in [0, 0.1) is 0 Å². The maximum absolute atomic E-state index is 8.25. The van der Waals surface area contributed by atoms with Crippen molar-refractivity contribution in [1.82, 2.24) is 9.80 Å². The van der Waals surface area contributed by atoms with Crippen LogP contribution in [0.5, 0.6) is 11.5 Å². The van der Waals surface area contributed by atoms with E-state index >= 15 is 0 Å². The summed E-state index contributed by atoms with van der Waals surface area (Å²) in [6.07, 6.45) is 4.10. The number of para-hydroxylation sites is 1. The zero-order chi connectivity index (χ0) is 24.8. The number of benzene rings is 3. The van der Waals surface area contributed by atoms with Gasteiger partial charge in [-0.1, -0.05) is 30.3 Å². The minimum atomic E-state index is -2.17. The number of hydrogen-bond donors (Lipinski definition) is 0. The van der Waals surface area contributed by atoms with E-state index in [4.69, 9.17) is 8.85 Å². The molecule has 0 fully saturated rings. The van der Waals surface area contributed by atoms with Gasteiger partial charge in [0.25, 0.3) is 0 Å². The molecule has 0 saturated carbocycles. The normalized spacial score (nSPS) is 22.3. The smallest absolute Gasteiger partial charge is 0.129 e. The third-order valence-corrected chi connectivity index (χ3v) is 6.23. The first-order chi connectivity index (χ1) is 16.7. The van der Waals surface area contributed by atoms with Crippen molar-refractivity contribution in [2.75, 3.05) is 37.2 Å². The van der Waals surface area contributed by atoms with E-state index in [9.17, 15) is 0 Å². The Morgan fingerprint density at radius 1 is 0.844 bits per heavy atom. The molecule has 5 nitrogen and oxygen atoms in total. The highest BCUT2D eigenvalue weighted by Crippen LogP contribution is 2.42. The Morgan fingerprint density at radius 2 is 1.56 bits per heavy atom. The Kier molecular flexibility index (Phi) is 4.24. The summed E-state index contributed by atoms with van der Waals surface area (Å²) < 4.78 is 31.0. The number of nitrogens with zero attached hydrogens (tertiary/aromatic N) is 4. The van der Waals surface area contributed by atoms with E-state index < -0.39 is 12.4 Å². The lowest BCUT2D eigenvalue weighted by Crippen LogP contribution is -2.49. The Morgan fingerprint density at radius 3 is 2.28 bits per heavy atom. The number of fused-ring (bicyclic) bond motifs is 1. The van der Waals surface area contributed by atoms with E-state index in [1.807, 2.05) is 91.9 Å². The largest absolute Gasteiger partial charge is 0.457 e. The van der Waals surface area contributed by atoms with Gasteiger partial charge >= 0.3 is 0 Å². The highest BCUT2D eigenvalue weighted by molar-refractivity contribution is 5.70. The molecule has 0 aliphatic carbocycles. The predicted octanol–water partition coefficient (Wildman–Crippen LogP) is 5.94. The van der Waals surface area contributed by atoms with E-state index in [2.05, 4.69) is 27.0 Å². The van der Waals surface area contributed by atoms with Crippen LogP contribution >= 0.6 is 0 Å². The van der Waals surface area contributed by atoms with Crippen molar-refractivity contribution < 1.29 is 8.85 Å². The summed E-state index contributed by atoms with van der Waals surface area (Å²) in [6.45, 7) is 0.880. The van der Waals surface area contributed by atoms with Crippen molar-refractivity contribution in [2.45, 2.75) is 19.3 Å².